The van der Waals surface area contributed by atoms with Crippen LogP contribution in [0, 0.1) is 11.8 Å². The van der Waals surface area contributed by atoms with Crippen LogP contribution in [0.5, 0.6) is 0 Å². The predicted octanol–water partition coefficient (Wildman–Crippen LogP) is 2.61. The Balaban J connectivity index is 1.87. The van der Waals surface area contributed by atoms with Crippen molar-refractivity contribution < 1.29 is 8.42 Å². The van der Waals surface area contributed by atoms with E-state index in [9.17, 15) is 8.42 Å². The maximum absolute atomic E-state index is 12.9. The Morgan fingerprint density at radius 3 is 2.14 bits per heavy atom. The van der Waals surface area contributed by atoms with E-state index in [0.29, 0.717) is 31.5 Å². The molecular formula is C15H21ClN2O2S. The lowest BCUT2D eigenvalue weighted by atomic mass is 10.2. The Morgan fingerprint density at radius 2 is 1.71 bits per heavy atom. The van der Waals surface area contributed by atoms with E-state index in [4.69, 9.17) is 17.3 Å². The minimum atomic E-state index is -3.51. The molecule has 2 saturated carbocycles. The first-order chi connectivity index (χ1) is 10.0. The van der Waals surface area contributed by atoms with Crippen LogP contribution >= 0.6 is 11.6 Å². The van der Waals surface area contributed by atoms with Crippen molar-refractivity contribution in [2.75, 3.05) is 13.1 Å². The summed E-state index contributed by atoms with van der Waals surface area (Å²) in [5, 5.41) is 0.273. The van der Waals surface area contributed by atoms with Crippen molar-refractivity contribution in [1.29, 1.82) is 0 Å². The van der Waals surface area contributed by atoms with Gasteiger partial charge in [-0.25, -0.2) is 8.42 Å². The molecule has 2 fully saturated rings. The highest BCUT2D eigenvalue weighted by Crippen LogP contribution is 2.37. The van der Waals surface area contributed by atoms with Gasteiger partial charge in [0.1, 0.15) is 4.90 Å². The second-order valence-corrected chi connectivity index (χ2v) is 8.49. The fraction of sp³-hybridized carbons (Fsp3) is 0.600. The standard InChI is InChI=1S/C15H21ClN2O2S/c16-14-7-13(8-17)5-6-15(14)21(19,20)18(9-11-1-2-11)10-12-3-4-12/h5-7,11-12H,1-4,8-10,17H2. The second-order valence-electron chi connectivity index (χ2n) is 6.18. The quantitative estimate of drug-likeness (QED) is 0.836. The topological polar surface area (TPSA) is 63.4 Å². The van der Waals surface area contributed by atoms with E-state index in [0.717, 1.165) is 31.2 Å². The number of halogens is 1. The molecule has 0 atom stereocenters. The van der Waals surface area contributed by atoms with Crippen LogP contribution < -0.4 is 5.73 Å². The summed E-state index contributed by atoms with van der Waals surface area (Å²) in [5.74, 6) is 1.06. The zero-order valence-electron chi connectivity index (χ0n) is 12.0. The molecule has 116 valence electrons. The predicted molar refractivity (Wildman–Crippen MR) is 83.6 cm³/mol. The zero-order valence-corrected chi connectivity index (χ0v) is 13.5. The average Bonchev–Trinajstić information content (AvgIpc) is 3.32. The van der Waals surface area contributed by atoms with E-state index in [1.54, 1.807) is 22.5 Å². The van der Waals surface area contributed by atoms with Gasteiger partial charge in [-0.15, -0.1) is 0 Å². The van der Waals surface area contributed by atoms with Crippen molar-refractivity contribution in [1.82, 2.24) is 4.31 Å². The van der Waals surface area contributed by atoms with Crippen LogP contribution in [0.3, 0.4) is 0 Å². The molecule has 2 N–H and O–H groups in total. The molecule has 0 bridgehead atoms. The first kappa shape index (κ1) is 15.3. The molecule has 1 aromatic carbocycles. The van der Waals surface area contributed by atoms with Gasteiger partial charge in [0.05, 0.1) is 5.02 Å². The molecule has 2 aliphatic carbocycles. The highest BCUT2D eigenvalue weighted by atomic mass is 35.5. The molecule has 0 amide bonds. The molecule has 3 rings (SSSR count). The van der Waals surface area contributed by atoms with Crippen molar-refractivity contribution >= 4 is 21.6 Å². The van der Waals surface area contributed by atoms with Gasteiger partial charge in [-0.05, 0) is 55.2 Å². The van der Waals surface area contributed by atoms with Crippen LogP contribution in [-0.2, 0) is 16.6 Å². The summed E-state index contributed by atoms with van der Waals surface area (Å²) in [5.41, 5.74) is 6.41. The van der Waals surface area contributed by atoms with Crippen LogP contribution in [0.1, 0.15) is 31.2 Å². The second kappa shape index (κ2) is 5.88. The maximum atomic E-state index is 12.9. The zero-order chi connectivity index (χ0) is 15.0. The van der Waals surface area contributed by atoms with Crippen molar-refractivity contribution in [3.8, 4) is 0 Å². The molecular weight excluding hydrogens is 308 g/mol. The van der Waals surface area contributed by atoms with Crippen LogP contribution in [0.25, 0.3) is 0 Å². The largest absolute Gasteiger partial charge is 0.326 e. The lowest BCUT2D eigenvalue weighted by molar-refractivity contribution is 0.382. The number of nitrogens with two attached hydrogens (primary N) is 1. The van der Waals surface area contributed by atoms with Crippen LogP contribution in [0.2, 0.25) is 5.02 Å². The van der Waals surface area contributed by atoms with E-state index >= 15 is 0 Å². The molecule has 2 aliphatic rings. The average molecular weight is 329 g/mol. The minimum absolute atomic E-state index is 0.211. The molecule has 0 spiro atoms. The number of nitrogens with zero attached hydrogens (tertiary/aromatic N) is 1. The van der Waals surface area contributed by atoms with Gasteiger partial charge in [-0.3, -0.25) is 0 Å². The van der Waals surface area contributed by atoms with E-state index in [1.165, 1.54) is 0 Å². The fourth-order valence-electron chi connectivity index (χ4n) is 2.47. The van der Waals surface area contributed by atoms with Gasteiger partial charge in [0, 0.05) is 19.6 Å². The fourth-order valence-corrected chi connectivity index (χ4v) is 4.60. The highest BCUT2D eigenvalue weighted by Gasteiger charge is 2.36. The van der Waals surface area contributed by atoms with Gasteiger partial charge in [-0.2, -0.15) is 4.31 Å². The number of hydrogen-bond donors (Lipinski definition) is 1. The lowest BCUT2D eigenvalue weighted by Crippen LogP contribution is -2.35. The van der Waals surface area contributed by atoms with Gasteiger partial charge >= 0.3 is 0 Å². The molecule has 0 aromatic heterocycles. The highest BCUT2D eigenvalue weighted by molar-refractivity contribution is 7.89. The van der Waals surface area contributed by atoms with Gasteiger partial charge in [0.2, 0.25) is 10.0 Å². The smallest absolute Gasteiger partial charge is 0.244 e. The number of rotatable bonds is 7. The van der Waals surface area contributed by atoms with Gasteiger partial charge in [0.25, 0.3) is 0 Å². The first-order valence-electron chi connectivity index (χ1n) is 7.49. The van der Waals surface area contributed by atoms with Crippen molar-refractivity contribution in [2.24, 2.45) is 17.6 Å². The van der Waals surface area contributed by atoms with Crippen LogP contribution in [-0.4, -0.2) is 25.8 Å². The third kappa shape index (κ3) is 3.59. The summed E-state index contributed by atoms with van der Waals surface area (Å²) < 4.78 is 27.4. The lowest BCUT2D eigenvalue weighted by Gasteiger charge is -2.22. The Hall–Kier alpha value is -0.620. The molecule has 0 radical (unpaired) electrons. The van der Waals surface area contributed by atoms with E-state index in [2.05, 4.69) is 0 Å². The number of sulfonamides is 1. The Kier molecular flexibility index (Phi) is 4.28. The molecule has 21 heavy (non-hydrogen) atoms. The van der Waals surface area contributed by atoms with E-state index in [1.807, 2.05) is 0 Å². The molecule has 4 nitrogen and oxygen atoms in total. The SMILES string of the molecule is NCc1ccc(S(=O)(=O)N(CC2CC2)CC2CC2)c(Cl)c1. The summed E-state index contributed by atoms with van der Waals surface area (Å²) in [6.45, 7) is 1.62. The van der Waals surface area contributed by atoms with E-state index in [-0.39, 0.29) is 9.92 Å². The Labute approximate surface area is 131 Å². The molecule has 0 aliphatic heterocycles. The summed E-state index contributed by atoms with van der Waals surface area (Å²) >= 11 is 6.18. The van der Waals surface area contributed by atoms with Gasteiger partial charge < -0.3 is 5.73 Å². The first-order valence-corrected chi connectivity index (χ1v) is 9.31. The number of benzene rings is 1. The summed E-state index contributed by atoms with van der Waals surface area (Å²) in [6, 6.07) is 4.98. The number of hydrogen-bond acceptors (Lipinski definition) is 3. The molecule has 0 unspecified atom stereocenters. The Morgan fingerprint density at radius 1 is 1.14 bits per heavy atom. The van der Waals surface area contributed by atoms with Crippen LogP contribution in [0.4, 0.5) is 0 Å². The normalized spacial score (nSPS) is 19.2. The summed E-state index contributed by atoms with van der Waals surface area (Å²) in [4.78, 5) is 0.211. The van der Waals surface area contributed by atoms with Crippen molar-refractivity contribution in [3.05, 3.63) is 28.8 Å². The van der Waals surface area contributed by atoms with Gasteiger partial charge in [-0.1, -0.05) is 17.7 Å². The molecule has 1 aromatic rings. The maximum Gasteiger partial charge on any atom is 0.244 e. The van der Waals surface area contributed by atoms with E-state index < -0.39 is 10.0 Å². The minimum Gasteiger partial charge on any atom is -0.326 e. The monoisotopic (exact) mass is 328 g/mol. The molecule has 0 saturated heterocycles. The third-order valence-electron chi connectivity index (χ3n) is 4.17. The Bertz CT molecular complexity index is 611. The van der Waals surface area contributed by atoms with Crippen molar-refractivity contribution in [2.45, 2.75) is 37.1 Å². The third-order valence-corrected chi connectivity index (χ3v) is 6.48. The molecule has 6 heteroatoms. The van der Waals surface area contributed by atoms with Crippen molar-refractivity contribution in [3.63, 3.8) is 0 Å². The summed E-state index contributed by atoms with van der Waals surface area (Å²) in [6.07, 6.45) is 4.54. The van der Waals surface area contributed by atoms with Gasteiger partial charge in [0.15, 0.2) is 0 Å². The van der Waals surface area contributed by atoms with Crippen LogP contribution in [0.15, 0.2) is 23.1 Å². The molecule has 0 heterocycles. The summed E-state index contributed by atoms with van der Waals surface area (Å²) in [7, 11) is -3.51.